The second-order valence-electron chi connectivity index (χ2n) is 5.15. The van der Waals surface area contributed by atoms with Crippen LogP contribution < -0.4 is 17.2 Å². The van der Waals surface area contributed by atoms with Crippen LogP contribution in [0.25, 0.3) is 0 Å². The van der Waals surface area contributed by atoms with Crippen LogP contribution in [0, 0.1) is 0 Å². The zero-order valence-corrected chi connectivity index (χ0v) is 14.2. The Bertz CT molecular complexity index is 791. The van der Waals surface area contributed by atoms with Gasteiger partial charge in [0.2, 0.25) is 0 Å². The molecule has 25 heavy (non-hydrogen) atoms. The number of hydrogen-bond donors (Lipinski definition) is 6. The van der Waals surface area contributed by atoms with Crippen LogP contribution in [-0.4, -0.2) is 47.8 Å². The molecule has 2 rings (SSSR count). The molecule has 4 atom stereocenters. The normalized spacial score (nSPS) is 29.5. The van der Waals surface area contributed by atoms with Gasteiger partial charge in [0.05, 0.1) is 6.61 Å². The molecule has 0 radical (unpaired) electrons. The van der Waals surface area contributed by atoms with Gasteiger partial charge in [-0.25, -0.2) is 13.9 Å². The molecule has 0 saturated carbocycles. The number of aromatic nitrogens is 2. The molecule has 1 aromatic heterocycles. The maximum absolute atomic E-state index is 11.8. The minimum atomic E-state index is -5.29. The molecule has 16 heteroatoms. The van der Waals surface area contributed by atoms with Crippen molar-refractivity contribution < 1.29 is 42.5 Å². The maximum Gasteiger partial charge on any atom is 0.481 e. The van der Waals surface area contributed by atoms with Crippen LogP contribution in [0.5, 0.6) is 0 Å². The Morgan fingerprint density at radius 2 is 2.08 bits per heavy atom. The molecule has 2 heterocycles. The summed E-state index contributed by atoms with van der Waals surface area (Å²) in [5.41, 5.74) is 8.11. The van der Waals surface area contributed by atoms with Gasteiger partial charge >= 0.3 is 21.3 Å². The third-order valence-corrected chi connectivity index (χ3v) is 5.29. The Morgan fingerprint density at radius 3 is 2.64 bits per heavy atom. The first-order valence-electron chi connectivity index (χ1n) is 6.55. The highest BCUT2D eigenvalue weighted by atomic mass is 31.3. The number of nitrogens with zero attached hydrogens (tertiary/aromatic N) is 2. The van der Waals surface area contributed by atoms with Crippen LogP contribution in [0.4, 0.5) is 5.82 Å². The van der Waals surface area contributed by atoms with Crippen molar-refractivity contribution in [2.24, 2.45) is 5.73 Å². The predicted molar refractivity (Wildman–Crippen MR) is 79.5 cm³/mol. The van der Waals surface area contributed by atoms with E-state index in [2.05, 4.69) is 13.8 Å². The summed E-state index contributed by atoms with van der Waals surface area (Å²) in [6.07, 6.45) is -1.54. The van der Waals surface area contributed by atoms with Crippen molar-refractivity contribution >= 4 is 21.5 Å². The molecule has 0 amide bonds. The van der Waals surface area contributed by atoms with Gasteiger partial charge in [0.25, 0.3) is 0 Å². The molecule has 0 aliphatic carbocycles. The fraction of sp³-hybridized carbons (Fsp3) is 0.556. The van der Waals surface area contributed by atoms with Gasteiger partial charge in [0.15, 0.2) is 0 Å². The number of anilines is 1. The van der Waals surface area contributed by atoms with Gasteiger partial charge in [0, 0.05) is 12.6 Å². The summed E-state index contributed by atoms with van der Waals surface area (Å²) < 4.78 is 36.2. The van der Waals surface area contributed by atoms with E-state index in [9.17, 15) is 23.9 Å². The van der Waals surface area contributed by atoms with Crippen molar-refractivity contribution in [2.45, 2.75) is 24.5 Å². The lowest BCUT2D eigenvalue weighted by Crippen LogP contribution is -2.49. The van der Waals surface area contributed by atoms with Crippen molar-refractivity contribution in [2.75, 3.05) is 12.3 Å². The predicted octanol–water partition coefficient (Wildman–Crippen LogP) is -2.01. The number of hydrogen-bond acceptors (Lipinski definition) is 10. The number of phosphoric ester groups is 1. The summed E-state index contributed by atoms with van der Waals surface area (Å²) in [5.74, 6) is -0.0297. The fourth-order valence-corrected chi connectivity index (χ4v) is 3.67. The van der Waals surface area contributed by atoms with Crippen LogP contribution in [0.15, 0.2) is 17.1 Å². The Kier molecular flexibility index (Phi) is 5.52. The molecule has 1 aliphatic rings. The Hall–Kier alpha value is -1.18. The van der Waals surface area contributed by atoms with Gasteiger partial charge in [-0.15, -0.1) is 0 Å². The lowest BCUT2D eigenvalue weighted by molar-refractivity contribution is -0.0785. The number of rotatable bonds is 6. The summed E-state index contributed by atoms with van der Waals surface area (Å²) in [6.45, 7) is -0.853. The van der Waals surface area contributed by atoms with Crippen LogP contribution in [0.3, 0.4) is 0 Å². The molecule has 1 saturated heterocycles. The summed E-state index contributed by atoms with van der Waals surface area (Å²) >= 11 is 0. The molecular formula is C9H16N4O10P2. The monoisotopic (exact) mass is 402 g/mol. The molecule has 1 aromatic rings. The first kappa shape index (κ1) is 20.1. The zero-order chi connectivity index (χ0) is 19.0. The van der Waals surface area contributed by atoms with Gasteiger partial charge in [0.1, 0.15) is 23.9 Å². The second-order valence-corrected chi connectivity index (χ2v) is 7.98. The highest BCUT2D eigenvalue weighted by Gasteiger charge is 2.47. The van der Waals surface area contributed by atoms with E-state index in [1.54, 1.807) is 0 Å². The third kappa shape index (κ3) is 5.39. The average Bonchev–Trinajstić information content (AvgIpc) is 2.68. The largest absolute Gasteiger partial charge is 0.481 e. The van der Waals surface area contributed by atoms with Crippen LogP contribution in [-0.2, 0) is 22.7 Å². The Morgan fingerprint density at radius 1 is 1.44 bits per heavy atom. The van der Waals surface area contributed by atoms with Crippen molar-refractivity contribution in [3.05, 3.63) is 22.7 Å². The first-order valence-corrected chi connectivity index (χ1v) is 9.57. The molecule has 0 bridgehead atoms. The van der Waals surface area contributed by atoms with E-state index in [1.165, 1.54) is 12.3 Å². The third-order valence-electron chi connectivity index (χ3n) is 3.14. The highest BCUT2D eigenvalue weighted by Crippen LogP contribution is 2.57. The van der Waals surface area contributed by atoms with Crippen LogP contribution in [0.2, 0.25) is 0 Å². The van der Waals surface area contributed by atoms with Crippen molar-refractivity contribution in [1.82, 2.24) is 9.55 Å². The molecule has 1 unspecified atom stereocenters. The number of phosphoric acid groups is 2. The van der Waals surface area contributed by atoms with Crippen LogP contribution >= 0.6 is 15.6 Å². The average molecular weight is 402 g/mol. The number of ether oxygens (including phenoxy) is 1. The second kappa shape index (κ2) is 6.85. The smallest absolute Gasteiger partial charge is 0.383 e. The molecule has 0 aromatic carbocycles. The van der Waals surface area contributed by atoms with E-state index in [0.717, 1.165) is 4.57 Å². The molecule has 1 aliphatic heterocycles. The van der Waals surface area contributed by atoms with E-state index in [1.807, 2.05) is 0 Å². The van der Waals surface area contributed by atoms with E-state index < -0.39 is 46.0 Å². The van der Waals surface area contributed by atoms with Gasteiger partial charge in [-0.05, 0) is 6.07 Å². The number of nitrogens with two attached hydrogens (primary N) is 2. The van der Waals surface area contributed by atoms with E-state index in [0.29, 0.717) is 0 Å². The topological polar surface area (TPSA) is 230 Å². The zero-order valence-electron chi connectivity index (χ0n) is 12.4. The van der Waals surface area contributed by atoms with Crippen molar-refractivity contribution in [1.29, 1.82) is 0 Å². The molecular weight excluding hydrogens is 386 g/mol. The number of aliphatic hydroxyl groups is 1. The summed E-state index contributed by atoms with van der Waals surface area (Å²) in [6, 6.07) is 1.31. The van der Waals surface area contributed by atoms with Gasteiger partial charge < -0.3 is 36.0 Å². The molecule has 8 N–H and O–H groups in total. The number of nitrogen functional groups attached to an aromatic ring is 1. The molecule has 0 spiro atoms. The molecule has 14 nitrogen and oxygen atoms in total. The van der Waals surface area contributed by atoms with E-state index >= 15 is 0 Å². The summed E-state index contributed by atoms with van der Waals surface area (Å²) in [7, 11) is -10.4. The lowest BCUT2D eigenvalue weighted by Gasteiger charge is -2.23. The Labute approximate surface area is 139 Å². The van der Waals surface area contributed by atoms with Crippen LogP contribution in [0.1, 0.15) is 12.6 Å². The van der Waals surface area contributed by atoms with Crippen molar-refractivity contribution in [3.63, 3.8) is 0 Å². The first-order chi connectivity index (χ1) is 11.3. The molecule has 142 valence electrons. The van der Waals surface area contributed by atoms with Crippen molar-refractivity contribution in [3.8, 4) is 0 Å². The maximum atomic E-state index is 11.8. The Balaban J connectivity index is 2.09. The van der Waals surface area contributed by atoms with Gasteiger partial charge in [-0.1, -0.05) is 0 Å². The van der Waals surface area contributed by atoms with E-state index in [-0.39, 0.29) is 12.2 Å². The summed E-state index contributed by atoms with van der Waals surface area (Å²) in [4.78, 5) is 41.5. The quantitative estimate of drug-likeness (QED) is 0.223. The highest BCUT2D eigenvalue weighted by molar-refractivity contribution is 7.60. The van der Waals surface area contributed by atoms with Gasteiger partial charge in [-0.3, -0.25) is 9.09 Å². The van der Waals surface area contributed by atoms with E-state index in [4.69, 9.17) is 26.0 Å². The minimum absolute atomic E-state index is 0.0297. The lowest BCUT2D eigenvalue weighted by atomic mass is 10.1. The SMILES string of the molecule is Nc1ccn([C@H]2C[C@@](N)(O)[C@@H](COP(=O)(O)OP(=O)(O)O)O2)c(=O)n1. The fourth-order valence-electron chi connectivity index (χ4n) is 2.08. The molecule has 1 fully saturated rings. The minimum Gasteiger partial charge on any atom is -0.383 e. The van der Waals surface area contributed by atoms with Gasteiger partial charge in [-0.2, -0.15) is 9.29 Å². The standard InChI is InChI=1S/C9H16N4O10P2/c10-6-1-2-13(8(14)12-6)7-3-9(11,15)5(22-7)4-21-25(19,20)23-24(16,17)18/h1-2,5,7,15H,3-4,11H2,(H,19,20)(H2,10,12,14)(H2,16,17,18)/t5-,7-,9-/m1/s1. The summed E-state index contributed by atoms with van der Waals surface area (Å²) in [5, 5.41) is 10.1.